The zero-order chi connectivity index (χ0) is 19.2. The Morgan fingerprint density at radius 2 is 1.85 bits per heavy atom. The highest BCUT2D eigenvalue weighted by Gasteiger charge is 2.13. The number of anilines is 1. The molecule has 0 atom stereocenters. The highest BCUT2D eigenvalue weighted by atomic mass is 79.9. The number of furan rings is 1. The number of halogens is 1. The summed E-state index contributed by atoms with van der Waals surface area (Å²) >= 11 is 3.50. The Kier molecular flexibility index (Phi) is 6.08. The predicted molar refractivity (Wildman–Crippen MR) is 108 cm³/mol. The van der Waals surface area contributed by atoms with Gasteiger partial charge in [0.05, 0.1) is 6.26 Å². The fourth-order valence-corrected chi connectivity index (χ4v) is 3.09. The van der Waals surface area contributed by atoms with Crippen LogP contribution in [0.1, 0.15) is 32.0 Å². The molecule has 2 amide bonds. The monoisotopic (exact) mass is 426 g/mol. The quantitative estimate of drug-likeness (QED) is 0.605. The van der Waals surface area contributed by atoms with Gasteiger partial charge in [0.1, 0.15) is 0 Å². The molecule has 1 heterocycles. The molecule has 0 saturated carbocycles. The molecule has 27 heavy (non-hydrogen) atoms. The molecule has 1 aromatic heterocycles. The van der Waals surface area contributed by atoms with Crippen LogP contribution < -0.4 is 10.6 Å². The second-order valence-electron chi connectivity index (χ2n) is 6.06. The summed E-state index contributed by atoms with van der Waals surface area (Å²) in [5.41, 5.74) is 3.06. The topological polar surface area (TPSA) is 71.3 Å². The van der Waals surface area contributed by atoms with Gasteiger partial charge in [-0.25, -0.2) is 0 Å². The molecule has 0 aliphatic heterocycles. The van der Waals surface area contributed by atoms with E-state index < -0.39 is 0 Å². The van der Waals surface area contributed by atoms with Gasteiger partial charge in [-0.1, -0.05) is 40.2 Å². The van der Waals surface area contributed by atoms with Crippen LogP contribution in [0, 0.1) is 6.92 Å². The molecule has 3 aromatic rings. The van der Waals surface area contributed by atoms with E-state index in [4.69, 9.17) is 4.42 Å². The molecule has 2 aromatic carbocycles. The summed E-state index contributed by atoms with van der Waals surface area (Å²) in [7, 11) is 0. The Morgan fingerprint density at radius 1 is 1.04 bits per heavy atom. The second-order valence-corrected chi connectivity index (χ2v) is 6.91. The van der Waals surface area contributed by atoms with Crippen LogP contribution in [0.2, 0.25) is 0 Å². The van der Waals surface area contributed by atoms with Crippen LogP contribution in [0.25, 0.3) is 0 Å². The molecule has 0 aliphatic carbocycles. The number of hydrogen-bond acceptors (Lipinski definition) is 3. The average molecular weight is 427 g/mol. The fourth-order valence-electron chi connectivity index (χ4n) is 2.60. The lowest BCUT2D eigenvalue weighted by Gasteiger charge is -2.11. The fraction of sp³-hybridized carbons (Fsp3) is 0.143. The minimum atomic E-state index is -0.352. The van der Waals surface area contributed by atoms with E-state index in [1.807, 2.05) is 31.2 Å². The number of amides is 2. The number of nitrogens with one attached hydrogen (secondary N) is 2. The van der Waals surface area contributed by atoms with Crippen molar-refractivity contribution in [1.29, 1.82) is 0 Å². The zero-order valence-corrected chi connectivity index (χ0v) is 16.4. The van der Waals surface area contributed by atoms with Crippen molar-refractivity contribution in [2.45, 2.75) is 13.3 Å². The Labute approximate surface area is 165 Å². The van der Waals surface area contributed by atoms with Gasteiger partial charge < -0.3 is 15.1 Å². The summed E-state index contributed by atoms with van der Waals surface area (Å²) in [6.45, 7) is 2.38. The van der Waals surface area contributed by atoms with Crippen molar-refractivity contribution in [2.75, 3.05) is 11.9 Å². The van der Waals surface area contributed by atoms with Gasteiger partial charge in [0, 0.05) is 22.3 Å². The van der Waals surface area contributed by atoms with Gasteiger partial charge >= 0.3 is 0 Å². The maximum absolute atomic E-state index is 12.4. The summed E-state index contributed by atoms with van der Waals surface area (Å²) in [5.74, 6) is -0.317. The number of carbonyl (C=O) groups excluding carboxylic acids is 2. The summed E-state index contributed by atoms with van der Waals surface area (Å²) in [4.78, 5) is 24.6. The first-order valence-corrected chi connectivity index (χ1v) is 9.31. The van der Waals surface area contributed by atoms with E-state index in [0.29, 0.717) is 17.8 Å². The number of benzene rings is 2. The molecular weight excluding hydrogens is 408 g/mol. The van der Waals surface area contributed by atoms with Gasteiger partial charge in [0.25, 0.3) is 11.8 Å². The summed E-state index contributed by atoms with van der Waals surface area (Å²) in [6, 6.07) is 16.4. The average Bonchev–Trinajstić information content (AvgIpc) is 3.20. The van der Waals surface area contributed by atoms with E-state index in [1.165, 1.54) is 6.26 Å². The van der Waals surface area contributed by atoms with Crippen molar-refractivity contribution in [1.82, 2.24) is 5.32 Å². The third-order valence-electron chi connectivity index (χ3n) is 4.13. The largest absolute Gasteiger partial charge is 0.459 e. The Balaban J connectivity index is 1.63. The van der Waals surface area contributed by atoms with Crippen LogP contribution >= 0.6 is 15.9 Å². The van der Waals surface area contributed by atoms with Crippen LogP contribution in [-0.4, -0.2) is 18.4 Å². The first kappa shape index (κ1) is 18.9. The SMILES string of the molecule is Cc1ccc(C(=O)NCCc2ccccc2Br)cc1NC(=O)c1ccco1. The molecule has 0 unspecified atom stereocenters. The van der Waals surface area contributed by atoms with Gasteiger partial charge in [-0.3, -0.25) is 9.59 Å². The number of carbonyl (C=O) groups is 2. The molecule has 138 valence electrons. The maximum atomic E-state index is 12.4. The predicted octanol–water partition coefficient (Wildman–Crippen LogP) is 4.58. The summed E-state index contributed by atoms with van der Waals surface area (Å²) in [6.07, 6.45) is 2.16. The molecule has 6 heteroatoms. The van der Waals surface area contributed by atoms with E-state index in [2.05, 4.69) is 26.6 Å². The first-order chi connectivity index (χ1) is 13.0. The molecular formula is C21H19BrN2O3. The van der Waals surface area contributed by atoms with Gasteiger partial charge in [0.15, 0.2) is 5.76 Å². The minimum Gasteiger partial charge on any atom is -0.459 e. The summed E-state index contributed by atoms with van der Waals surface area (Å²) < 4.78 is 6.12. The lowest BCUT2D eigenvalue weighted by atomic mass is 10.1. The highest BCUT2D eigenvalue weighted by molar-refractivity contribution is 9.10. The van der Waals surface area contributed by atoms with Crippen LogP contribution in [0.5, 0.6) is 0 Å². The van der Waals surface area contributed by atoms with Crippen molar-refractivity contribution in [3.05, 3.63) is 87.8 Å². The van der Waals surface area contributed by atoms with E-state index in [1.54, 1.807) is 30.3 Å². The smallest absolute Gasteiger partial charge is 0.291 e. The van der Waals surface area contributed by atoms with Gasteiger partial charge in [0.2, 0.25) is 0 Å². The number of aryl methyl sites for hydroxylation is 1. The molecule has 5 nitrogen and oxygen atoms in total. The van der Waals surface area contributed by atoms with Crippen molar-refractivity contribution in [3.63, 3.8) is 0 Å². The Hall–Kier alpha value is -2.86. The van der Waals surface area contributed by atoms with Crippen molar-refractivity contribution in [3.8, 4) is 0 Å². The molecule has 3 rings (SSSR count). The van der Waals surface area contributed by atoms with E-state index in [9.17, 15) is 9.59 Å². The molecule has 0 spiro atoms. The number of hydrogen-bond donors (Lipinski definition) is 2. The third kappa shape index (κ3) is 4.86. The first-order valence-electron chi connectivity index (χ1n) is 8.51. The lowest BCUT2D eigenvalue weighted by molar-refractivity contribution is 0.0952. The molecule has 0 aliphatic rings. The van der Waals surface area contributed by atoms with Crippen molar-refractivity contribution >= 4 is 33.4 Å². The Bertz CT molecular complexity index is 952. The molecule has 0 saturated heterocycles. The highest BCUT2D eigenvalue weighted by Crippen LogP contribution is 2.19. The molecule has 2 N–H and O–H groups in total. The zero-order valence-electron chi connectivity index (χ0n) is 14.8. The molecule has 0 fully saturated rings. The number of rotatable bonds is 6. The van der Waals surface area contributed by atoms with Gasteiger partial charge in [-0.05, 0) is 54.8 Å². The maximum Gasteiger partial charge on any atom is 0.291 e. The lowest BCUT2D eigenvalue weighted by Crippen LogP contribution is -2.26. The van der Waals surface area contributed by atoms with Crippen molar-refractivity contribution in [2.24, 2.45) is 0 Å². The third-order valence-corrected chi connectivity index (χ3v) is 4.90. The van der Waals surface area contributed by atoms with Crippen LogP contribution in [0.15, 0.2) is 69.8 Å². The normalized spacial score (nSPS) is 10.4. The standard InChI is InChI=1S/C21H19BrN2O3/c1-14-8-9-16(13-18(14)24-21(26)19-7-4-12-27-19)20(25)23-11-10-15-5-2-3-6-17(15)22/h2-9,12-13H,10-11H2,1H3,(H,23,25)(H,24,26). The van der Waals surface area contributed by atoms with Gasteiger partial charge in [-0.15, -0.1) is 0 Å². The Morgan fingerprint density at radius 3 is 2.59 bits per heavy atom. The van der Waals surface area contributed by atoms with Crippen molar-refractivity contribution < 1.29 is 14.0 Å². The van der Waals surface area contributed by atoms with E-state index in [0.717, 1.165) is 22.0 Å². The van der Waals surface area contributed by atoms with E-state index in [-0.39, 0.29) is 17.6 Å². The van der Waals surface area contributed by atoms with E-state index >= 15 is 0 Å². The van der Waals surface area contributed by atoms with Gasteiger partial charge in [-0.2, -0.15) is 0 Å². The molecule has 0 radical (unpaired) electrons. The molecule has 0 bridgehead atoms. The van der Waals surface area contributed by atoms with Crippen LogP contribution in [0.4, 0.5) is 5.69 Å². The summed E-state index contributed by atoms with van der Waals surface area (Å²) in [5, 5.41) is 5.69. The second kappa shape index (κ2) is 8.68. The van der Waals surface area contributed by atoms with Crippen LogP contribution in [-0.2, 0) is 6.42 Å². The van der Waals surface area contributed by atoms with Crippen LogP contribution in [0.3, 0.4) is 0 Å². The minimum absolute atomic E-state index is 0.185.